The van der Waals surface area contributed by atoms with Gasteiger partial charge in [-0.25, -0.2) is 0 Å². The van der Waals surface area contributed by atoms with Crippen LogP contribution < -0.4 is 10.1 Å². The third kappa shape index (κ3) is 3.85. The minimum Gasteiger partial charge on any atom is -0.492 e. The van der Waals surface area contributed by atoms with Crippen molar-refractivity contribution in [2.45, 2.75) is 0 Å². The number of nitrogens with one attached hydrogen (secondary N) is 1. The molecule has 0 aliphatic carbocycles. The first-order valence-corrected chi connectivity index (χ1v) is 7.13. The number of benzene rings is 1. The van der Waals surface area contributed by atoms with E-state index in [-0.39, 0.29) is 5.91 Å². The van der Waals surface area contributed by atoms with E-state index in [1.165, 1.54) is 11.3 Å². The molecule has 0 aliphatic rings. The van der Waals surface area contributed by atoms with E-state index in [0.29, 0.717) is 13.2 Å². The molecule has 0 aliphatic heterocycles. The zero-order valence-corrected chi connectivity index (χ0v) is 12.0. The van der Waals surface area contributed by atoms with Crippen molar-refractivity contribution < 1.29 is 9.53 Å². The second kappa shape index (κ2) is 6.56. The van der Waals surface area contributed by atoms with Gasteiger partial charge in [0.2, 0.25) is 0 Å². The van der Waals surface area contributed by atoms with Crippen molar-refractivity contribution in [3.05, 3.63) is 51.1 Å². The van der Waals surface area contributed by atoms with Gasteiger partial charge in [-0.05, 0) is 29.6 Å². The summed E-state index contributed by atoms with van der Waals surface area (Å²) in [5.41, 5.74) is 0. The second-order valence-corrected chi connectivity index (χ2v) is 5.40. The van der Waals surface area contributed by atoms with Gasteiger partial charge in [0, 0.05) is 4.47 Å². The standard InChI is InChI=1S/C13H12BrNO2S/c14-10-3-1-4-11(9-10)17-7-6-15-13(16)12-5-2-8-18-12/h1-5,8-9H,6-7H2,(H,15,16). The summed E-state index contributed by atoms with van der Waals surface area (Å²) in [4.78, 5) is 12.3. The lowest BCUT2D eigenvalue weighted by Crippen LogP contribution is -2.27. The van der Waals surface area contributed by atoms with Crippen molar-refractivity contribution in [3.63, 3.8) is 0 Å². The number of hydrogen-bond acceptors (Lipinski definition) is 3. The number of amides is 1. The molecular weight excluding hydrogens is 314 g/mol. The van der Waals surface area contributed by atoms with Crippen LogP contribution in [0.25, 0.3) is 0 Å². The molecule has 1 aromatic heterocycles. The summed E-state index contributed by atoms with van der Waals surface area (Å²) in [5, 5.41) is 4.69. The van der Waals surface area contributed by atoms with Crippen molar-refractivity contribution in [1.29, 1.82) is 0 Å². The van der Waals surface area contributed by atoms with Crippen LogP contribution in [0.4, 0.5) is 0 Å². The number of hydrogen-bond donors (Lipinski definition) is 1. The van der Waals surface area contributed by atoms with Crippen LogP contribution in [0.1, 0.15) is 9.67 Å². The maximum absolute atomic E-state index is 11.6. The van der Waals surface area contributed by atoms with Crippen molar-refractivity contribution in [2.24, 2.45) is 0 Å². The Morgan fingerprint density at radius 1 is 1.33 bits per heavy atom. The Morgan fingerprint density at radius 2 is 2.22 bits per heavy atom. The number of carbonyl (C=O) groups excluding carboxylic acids is 1. The molecule has 1 heterocycles. The van der Waals surface area contributed by atoms with Gasteiger partial charge in [0.1, 0.15) is 12.4 Å². The Morgan fingerprint density at radius 3 is 2.94 bits per heavy atom. The van der Waals surface area contributed by atoms with E-state index in [1.54, 1.807) is 6.07 Å². The highest BCUT2D eigenvalue weighted by Crippen LogP contribution is 2.17. The summed E-state index contributed by atoms with van der Waals surface area (Å²) in [7, 11) is 0. The first-order valence-electron chi connectivity index (χ1n) is 5.46. The van der Waals surface area contributed by atoms with Gasteiger partial charge in [-0.1, -0.05) is 28.1 Å². The Hall–Kier alpha value is -1.33. The highest BCUT2D eigenvalue weighted by Gasteiger charge is 2.04. The minimum atomic E-state index is -0.0529. The third-order valence-corrected chi connectivity index (χ3v) is 3.56. The fraction of sp³-hybridized carbons (Fsp3) is 0.154. The number of rotatable bonds is 5. The highest BCUT2D eigenvalue weighted by molar-refractivity contribution is 9.10. The van der Waals surface area contributed by atoms with Crippen molar-refractivity contribution in [2.75, 3.05) is 13.2 Å². The molecule has 0 saturated heterocycles. The molecule has 5 heteroatoms. The van der Waals surface area contributed by atoms with Crippen molar-refractivity contribution in [3.8, 4) is 5.75 Å². The maximum atomic E-state index is 11.6. The molecule has 94 valence electrons. The van der Waals surface area contributed by atoms with Crippen LogP contribution in [0, 0.1) is 0 Å². The average molecular weight is 326 g/mol. The lowest BCUT2D eigenvalue weighted by Gasteiger charge is -2.07. The molecule has 0 atom stereocenters. The molecule has 0 spiro atoms. The molecular formula is C13H12BrNO2S. The molecule has 0 saturated carbocycles. The molecule has 2 rings (SSSR count). The molecule has 1 N–H and O–H groups in total. The summed E-state index contributed by atoms with van der Waals surface area (Å²) >= 11 is 4.80. The lowest BCUT2D eigenvalue weighted by atomic mass is 10.3. The van der Waals surface area contributed by atoms with Gasteiger partial charge in [0.15, 0.2) is 0 Å². The Bertz CT molecular complexity index is 513. The van der Waals surface area contributed by atoms with Crippen LogP contribution in [-0.2, 0) is 0 Å². The fourth-order valence-corrected chi connectivity index (χ4v) is 2.40. The van der Waals surface area contributed by atoms with Gasteiger partial charge in [-0.3, -0.25) is 4.79 Å². The summed E-state index contributed by atoms with van der Waals surface area (Å²) in [6.07, 6.45) is 0. The molecule has 1 amide bonds. The lowest BCUT2D eigenvalue weighted by molar-refractivity contribution is 0.0951. The number of halogens is 1. The van der Waals surface area contributed by atoms with Crippen LogP contribution in [0.3, 0.4) is 0 Å². The monoisotopic (exact) mass is 325 g/mol. The number of ether oxygens (including phenoxy) is 1. The molecule has 0 radical (unpaired) electrons. The fourth-order valence-electron chi connectivity index (χ4n) is 1.39. The van der Waals surface area contributed by atoms with E-state index in [9.17, 15) is 4.79 Å². The molecule has 0 unspecified atom stereocenters. The summed E-state index contributed by atoms with van der Waals surface area (Å²) in [6, 6.07) is 11.3. The van der Waals surface area contributed by atoms with Gasteiger partial charge in [-0.2, -0.15) is 0 Å². The number of carbonyl (C=O) groups is 1. The summed E-state index contributed by atoms with van der Waals surface area (Å²) < 4.78 is 6.49. The Labute approximate surface area is 118 Å². The van der Waals surface area contributed by atoms with Crippen LogP contribution in [-0.4, -0.2) is 19.1 Å². The van der Waals surface area contributed by atoms with E-state index in [4.69, 9.17) is 4.74 Å². The smallest absolute Gasteiger partial charge is 0.261 e. The van der Waals surface area contributed by atoms with E-state index in [1.807, 2.05) is 35.7 Å². The Kier molecular flexibility index (Phi) is 4.78. The topological polar surface area (TPSA) is 38.3 Å². The van der Waals surface area contributed by atoms with Gasteiger partial charge >= 0.3 is 0 Å². The van der Waals surface area contributed by atoms with Gasteiger partial charge < -0.3 is 10.1 Å². The summed E-state index contributed by atoms with van der Waals surface area (Å²) in [6.45, 7) is 0.941. The predicted molar refractivity (Wildman–Crippen MR) is 76.3 cm³/mol. The minimum absolute atomic E-state index is 0.0529. The highest BCUT2D eigenvalue weighted by atomic mass is 79.9. The first kappa shape index (κ1) is 13.1. The molecule has 1 aromatic carbocycles. The zero-order valence-electron chi connectivity index (χ0n) is 9.56. The molecule has 0 fully saturated rings. The van der Waals surface area contributed by atoms with Crippen LogP contribution in [0.5, 0.6) is 5.75 Å². The van der Waals surface area contributed by atoms with E-state index < -0.39 is 0 Å². The normalized spacial score (nSPS) is 10.1. The van der Waals surface area contributed by atoms with E-state index in [0.717, 1.165) is 15.1 Å². The van der Waals surface area contributed by atoms with Gasteiger partial charge in [-0.15, -0.1) is 11.3 Å². The van der Waals surface area contributed by atoms with Crippen molar-refractivity contribution >= 4 is 33.2 Å². The molecule has 0 bridgehead atoms. The van der Waals surface area contributed by atoms with Crippen LogP contribution in [0.2, 0.25) is 0 Å². The molecule has 18 heavy (non-hydrogen) atoms. The summed E-state index contributed by atoms with van der Waals surface area (Å²) in [5.74, 6) is 0.734. The van der Waals surface area contributed by atoms with E-state index >= 15 is 0 Å². The Balaban J connectivity index is 1.72. The number of thiophene rings is 1. The van der Waals surface area contributed by atoms with Gasteiger partial charge in [0.25, 0.3) is 5.91 Å². The molecule has 2 aromatic rings. The van der Waals surface area contributed by atoms with Crippen LogP contribution >= 0.6 is 27.3 Å². The largest absolute Gasteiger partial charge is 0.492 e. The quantitative estimate of drug-likeness (QED) is 0.856. The maximum Gasteiger partial charge on any atom is 0.261 e. The SMILES string of the molecule is O=C(NCCOc1cccc(Br)c1)c1cccs1. The van der Waals surface area contributed by atoms with Gasteiger partial charge in [0.05, 0.1) is 11.4 Å². The predicted octanol–water partition coefficient (Wildman–Crippen LogP) is 3.32. The molecule has 3 nitrogen and oxygen atoms in total. The first-order chi connectivity index (χ1) is 8.75. The zero-order chi connectivity index (χ0) is 12.8. The van der Waals surface area contributed by atoms with E-state index in [2.05, 4.69) is 21.2 Å². The third-order valence-electron chi connectivity index (χ3n) is 2.20. The second-order valence-electron chi connectivity index (χ2n) is 3.54. The average Bonchev–Trinajstić information content (AvgIpc) is 2.88. The van der Waals surface area contributed by atoms with Crippen molar-refractivity contribution in [1.82, 2.24) is 5.32 Å². The van der Waals surface area contributed by atoms with Crippen LogP contribution in [0.15, 0.2) is 46.3 Å².